The number of ether oxygens (including phenoxy) is 2. The van der Waals surface area contributed by atoms with Gasteiger partial charge in [0.2, 0.25) is 0 Å². The number of esters is 2. The molecule has 0 aromatic rings. The lowest BCUT2D eigenvalue weighted by Crippen LogP contribution is -2.39. The van der Waals surface area contributed by atoms with E-state index in [1.807, 2.05) is 0 Å². The first-order chi connectivity index (χ1) is 11.6. The molecule has 25 heavy (non-hydrogen) atoms. The highest BCUT2D eigenvalue weighted by molar-refractivity contribution is 7.87. The maximum absolute atomic E-state index is 12.9. The molecule has 0 aliphatic heterocycles. The monoisotopic (exact) mass is 384 g/mol. The summed E-state index contributed by atoms with van der Waals surface area (Å²) in [6, 6.07) is 0. The Morgan fingerprint density at radius 2 is 1.68 bits per heavy atom. The van der Waals surface area contributed by atoms with Crippen molar-refractivity contribution in [1.29, 1.82) is 0 Å². The van der Waals surface area contributed by atoms with Gasteiger partial charge < -0.3 is 9.47 Å². The molecular weight excluding hydrogens is 362 g/mol. The molecule has 2 saturated carbocycles. The Labute approximate surface area is 144 Å². The molecule has 1 N–H and O–H groups in total. The lowest BCUT2D eigenvalue weighted by atomic mass is 9.67. The number of carbonyl (C=O) groups excluding carboxylic acids is 2. The highest BCUT2D eigenvalue weighted by Gasteiger charge is 2.54. The van der Waals surface area contributed by atoms with Crippen LogP contribution < -0.4 is 0 Å². The third kappa shape index (κ3) is 5.34. The normalized spacial score (nSPS) is 26.8. The van der Waals surface area contributed by atoms with Crippen molar-refractivity contribution in [3.63, 3.8) is 0 Å². The lowest BCUT2D eigenvalue weighted by Gasteiger charge is -2.39. The largest absolute Gasteiger partial charge is 0.465 e. The van der Waals surface area contributed by atoms with Crippen LogP contribution in [0.25, 0.3) is 0 Å². The van der Waals surface area contributed by atoms with Crippen LogP contribution in [0.3, 0.4) is 0 Å². The average Bonchev–Trinajstić information content (AvgIpc) is 2.51. The molecule has 0 amide bonds. The molecule has 0 radical (unpaired) electrons. The van der Waals surface area contributed by atoms with Crippen molar-refractivity contribution in [3.05, 3.63) is 0 Å². The van der Waals surface area contributed by atoms with Crippen molar-refractivity contribution >= 4 is 22.1 Å². The van der Waals surface area contributed by atoms with Crippen LogP contribution in [-0.2, 0) is 29.2 Å². The summed E-state index contributed by atoms with van der Waals surface area (Å²) in [5.74, 6) is -1.64. The van der Waals surface area contributed by atoms with Gasteiger partial charge in [-0.25, -0.2) is 9.59 Å². The summed E-state index contributed by atoms with van der Waals surface area (Å²) in [5.41, 5.74) is 0. The predicted octanol–water partition coefficient (Wildman–Crippen LogP) is 2.16. The van der Waals surface area contributed by atoms with Gasteiger partial charge in [0.25, 0.3) is 0 Å². The summed E-state index contributed by atoms with van der Waals surface area (Å²) in [6.07, 6.45) is 7.89. The van der Waals surface area contributed by atoms with Crippen molar-refractivity contribution in [2.45, 2.75) is 50.2 Å². The summed E-state index contributed by atoms with van der Waals surface area (Å²) in [5, 5.41) is -5.12. The second kappa shape index (κ2) is 7.94. The van der Waals surface area contributed by atoms with Gasteiger partial charge in [0.05, 0.1) is 6.61 Å². The number of hydrogen-bond acceptors (Lipinski definition) is 6. The van der Waals surface area contributed by atoms with Gasteiger partial charge in [-0.3, -0.25) is 4.55 Å². The third-order valence-corrected chi connectivity index (χ3v) is 5.71. The highest BCUT2D eigenvalue weighted by atomic mass is 32.2. The van der Waals surface area contributed by atoms with E-state index in [-0.39, 0.29) is 6.61 Å². The van der Waals surface area contributed by atoms with Crippen LogP contribution in [0, 0.1) is 17.8 Å². The van der Waals surface area contributed by atoms with Crippen molar-refractivity contribution in [2.75, 3.05) is 13.2 Å². The quantitative estimate of drug-likeness (QED) is 0.529. The van der Waals surface area contributed by atoms with Gasteiger partial charge in [0, 0.05) is 0 Å². The van der Waals surface area contributed by atoms with Crippen LogP contribution in [0.5, 0.6) is 0 Å². The van der Waals surface area contributed by atoms with Crippen LogP contribution in [0.2, 0.25) is 0 Å². The maximum atomic E-state index is 12.9. The Balaban J connectivity index is 1.67. The third-order valence-electron chi connectivity index (χ3n) is 4.90. The van der Waals surface area contributed by atoms with Crippen molar-refractivity contribution in [1.82, 2.24) is 0 Å². The smallest absolute Gasteiger partial charge is 0.463 e. The molecule has 2 rings (SSSR count). The molecule has 0 saturated heterocycles. The van der Waals surface area contributed by atoms with E-state index in [1.54, 1.807) is 0 Å². The van der Waals surface area contributed by atoms with E-state index in [1.165, 1.54) is 25.7 Å². The molecule has 2 unspecified atom stereocenters. The first kappa shape index (κ1) is 20.0. The van der Waals surface area contributed by atoms with Crippen LogP contribution in [0.4, 0.5) is 8.78 Å². The maximum Gasteiger partial charge on any atom is 0.465 e. The molecule has 0 aromatic heterocycles. The average molecular weight is 384 g/mol. The van der Waals surface area contributed by atoms with Gasteiger partial charge in [-0.2, -0.15) is 17.2 Å². The first-order valence-electron chi connectivity index (χ1n) is 8.27. The van der Waals surface area contributed by atoms with E-state index < -0.39 is 33.9 Å². The molecule has 0 spiro atoms. The summed E-state index contributed by atoms with van der Waals surface area (Å²) < 4.78 is 63.5. The van der Waals surface area contributed by atoms with E-state index >= 15 is 0 Å². The van der Waals surface area contributed by atoms with Gasteiger partial charge in [-0.15, -0.1) is 0 Å². The van der Waals surface area contributed by atoms with Crippen molar-refractivity contribution < 1.29 is 40.8 Å². The number of halogens is 2. The zero-order chi connectivity index (χ0) is 18.7. The highest BCUT2D eigenvalue weighted by Crippen LogP contribution is 2.43. The molecule has 2 atom stereocenters. The Kier molecular flexibility index (Phi) is 6.36. The molecular formula is C15H22F2O7S. The molecule has 0 aromatic carbocycles. The number of alkyl halides is 2. The van der Waals surface area contributed by atoms with Gasteiger partial charge in [-0.1, -0.05) is 19.3 Å². The molecule has 2 aliphatic carbocycles. The molecule has 2 fully saturated rings. The minimum atomic E-state index is -5.95. The topological polar surface area (TPSA) is 107 Å². The first-order valence-corrected chi connectivity index (χ1v) is 9.71. The second-order valence-corrected chi connectivity index (χ2v) is 8.28. The molecule has 0 heterocycles. The number of rotatable bonds is 7. The second-order valence-electron chi connectivity index (χ2n) is 6.81. The molecule has 10 heteroatoms. The van der Waals surface area contributed by atoms with Crippen LogP contribution in [-0.4, -0.2) is 43.4 Å². The van der Waals surface area contributed by atoms with E-state index in [0.29, 0.717) is 12.3 Å². The van der Waals surface area contributed by atoms with E-state index in [9.17, 15) is 26.8 Å². The van der Waals surface area contributed by atoms with Gasteiger partial charge in [-0.05, 0) is 43.4 Å². The number of fused-ring (bicyclic) bond motifs is 2. The Morgan fingerprint density at radius 1 is 1.08 bits per heavy atom. The van der Waals surface area contributed by atoms with Crippen molar-refractivity contribution in [3.8, 4) is 0 Å². The van der Waals surface area contributed by atoms with E-state index in [4.69, 9.17) is 9.29 Å². The molecule has 2 aliphatic rings. The SMILES string of the molecule is O=C(COC(=O)C(F)(F)S(=O)(=O)O)OCCC1CC2CCCC(C2)C1. The Morgan fingerprint density at radius 3 is 2.24 bits per heavy atom. The van der Waals surface area contributed by atoms with E-state index in [2.05, 4.69) is 4.74 Å². The number of carbonyl (C=O) groups is 2. The zero-order valence-corrected chi connectivity index (χ0v) is 14.5. The molecule has 7 nitrogen and oxygen atoms in total. The Hall–Kier alpha value is -1.29. The fourth-order valence-electron chi connectivity index (χ4n) is 3.80. The number of hydrogen-bond donors (Lipinski definition) is 1. The molecule has 2 bridgehead atoms. The minimum absolute atomic E-state index is 0.0924. The van der Waals surface area contributed by atoms with E-state index in [0.717, 1.165) is 24.7 Å². The molecule has 144 valence electrons. The summed E-state index contributed by atoms with van der Waals surface area (Å²) in [4.78, 5) is 22.3. The van der Waals surface area contributed by atoms with Gasteiger partial charge in [0.1, 0.15) is 0 Å². The lowest BCUT2D eigenvalue weighted by molar-refractivity contribution is -0.169. The summed E-state index contributed by atoms with van der Waals surface area (Å²) in [6.45, 7) is -1.05. The van der Waals surface area contributed by atoms with Crippen LogP contribution in [0.1, 0.15) is 44.9 Å². The predicted molar refractivity (Wildman–Crippen MR) is 81.2 cm³/mol. The zero-order valence-electron chi connectivity index (χ0n) is 13.7. The minimum Gasteiger partial charge on any atom is -0.463 e. The summed E-state index contributed by atoms with van der Waals surface area (Å²) in [7, 11) is -5.95. The van der Waals surface area contributed by atoms with Gasteiger partial charge >= 0.3 is 27.3 Å². The Bertz CT molecular complexity index is 593. The fraction of sp³-hybridized carbons (Fsp3) is 0.867. The van der Waals surface area contributed by atoms with Gasteiger partial charge in [0.15, 0.2) is 6.61 Å². The standard InChI is InChI=1S/C15H22F2O7S/c16-15(17,25(20,21)22)14(19)24-9-13(18)23-5-4-12-7-10-2-1-3-11(6-10)8-12/h10-12H,1-9H2,(H,20,21,22). The van der Waals surface area contributed by atoms with Crippen LogP contribution in [0.15, 0.2) is 0 Å². The van der Waals surface area contributed by atoms with Crippen molar-refractivity contribution in [2.24, 2.45) is 17.8 Å². The fourth-order valence-corrected chi connectivity index (χ4v) is 4.07. The summed E-state index contributed by atoms with van der Waals surface area (Å²) >= 11 is 0. The van der Waals surface area contributed by atoms with Crippen LogP contribution >= 0.6 is 0 Å².